The molecular formula is C10H9Cl2Zr. The van der Waals surface area contributed by atoms with Crippen molar-refractivity contribution in [3.63, 3.8) is 0 Å². The van der Waals surface area contributed by atoms with E-state index in [9.17, 15) is 0 Å². The normalized spacial score (nSPS) is 16.6. The molecule has 0 spiro atoms. The van der Waals surface area contributed by atoms with Crippen molar-refractivity contribution in [1.82, 2.24) is 0 Å². The molecule has 2 aliphatic rings. The maximum absolute atomic E-state index is 3.30. The van der Waals surface area contributed by atoms with E-state index in [1.54, 1.807) is 0 Å². The fourth-order valence-corrected chi connectivity index (χ4v) is 1.27. The summed E-state index contributed by atoms with van der Waals surface area (Å²) in [6, 6.07) is 0. The summed E-state index contributed by atoms with van der Waals surface area (Å²) in [5.74, 6) is 0. The van der Waals surface area contributed by atoms with Crippen LogP contribution in [0.15, 0.2) is 41.5 Å². The number of allylic oxidation sites excluding steroid dienone is 8. The standard InChI is InChI=1S/C10H9.2ClH.Zr/c1-2-6-9(5-1)10-7-3-4-8-10;;;/h1-3,5,7H,4,6H2;2*1H;/q-1;;;+3/p-2. The monoisotopic (exact) mass is 289 g/mol. The summed E-state index contributed by atoms with van der Waals surface area (Å²) >= 11 is 0. The first-order valence-corrected chi connectivity index (χ1v) is 3.60. The topological polar surface area (TPSA) is 0 Å². The first-order chi connectivity index (χ1) is 4.97. The molecule has 0 N–H and O–H groups in total. The Morgan fingerprint density at radius 1 is 1.15 bits per heavy atom. The Kier molecular flexibility index (Phi) is 9.52. The van der Waals surface area contributed by atoms with Crippen molar-refractivity contribution in [2.75, 3.05) is 0 Å². The largest absolute Gasteiger partial charge is 3.00 e. The molecule has 2 aliphatic carbocycles. The SMILES string of the molecule is [C-]1=C(C2=CC=CC2)C=CC1.[Cl-].[Cl-].[Zr+3]. The molecule has 0 aromatic heterocycles. The molecule has 0 unspecified atom stereocenters. The van der Waals surface area contributed by atoms with Crippen molar-refractivity contribution in [2.45, 2.75) is 12.8 Å². The van der Waals surface area contributed by atoms with Crippen LogP contribution >= 0.6 is 0 Å². The minimum Gasteiger partial charge on any atom is -1.00 e. The maximum atomic E-state index is 3.30. The third kappa shape index (κ3) is 3.98. The summed E-state index contributed by atoms with van der Waals surface area (Å²) in [5.41, 5.74) is 2.71. The second-order valence-corrected chi connectivity index (χ2v) is 2.52. The van der Waals surface area contributed by atoms with Gasteiger partial charge in [0, 0.05) is 0 Å². The molecule has 0 saturated heterocycles. The van der Waals surface area contributed by atoms with E-state index in [1.165, 1.54) is 11.1 Å². The Balaban J connectivity index is 0. The van der Waals surface area contributed by atoms with Crippen LogP contribution in [-0.4, -0.2) is 0 Å². The van der Waals surface area contributed by atoms with Gasteiger partial charge in [-0.2, -0.15) is 17.7 Å². The summed E-state index contributed by atoms with van der Waals surface area (Å²) in [6.45, 7) is 0. The number of hydrogen-bond acceptors (Lipinski definition) is 0. The predicted octanol–water partition coefficient (Wildman–Crippen LogP) is -3.43. The fraction of sp³-hybridized carbons (Fsp3) is 0.200. The van der Waals surface area contributed by atoms with E-state index in [2.05, 4.69) is 36.5 Å². The molecule has 2 rings (SSSR count). The zero-order valence-electron chi connectivity index (χ0n) is 7.06. The van der Waals surface area contributed by atoms with Gasteiger partial charge in [-0.15, -0.1) is 17.7 Å². The summed E-state index contributed by atoms with van der Waals surface area (Å²) in [5, 5.41) is 0. The van der Waals surface area contributed by atoms with Gasteiger partial charge < -0.3 is 24.8 Å². The molecule has 0 bridgehead atoms. The van der Waals surface area contributed by atoms with Gasteiger partial charge in [0.05, 0.1) is 0 Å². The molecule has 13 heavy (non-hydrogen) atoms. The molecule has 0 fully saturated rings. The van der Waals surface area contributed by atoms with Crippen LogP contribution in [-0.2, 0) is 26.2 Å². The number of rotatable bonds is 1. The molecule has 67 valence electrons. The average molecular weight is 291 g/mol. The summed E-state index contributed by atoms with van der Waals surface area (Å²) in [4.78, 5) is 0. The van der Waals surface area contributed by atoms with Gasteiger partial charge in [-0.3, -0.25) is 0 Å². The molecule has 0 aromatic carbocycles. The van der Waals surface area contributed by atoms with Gasteiger partial charge in [-0.25, -0.2) is 0 Å². The molecule has 1 radical (unpaired) electrons. The van der Waals surface area contributed by atoms with E-state index in [-0.39, 0.29) is 51.0 Å². The van der Waals surface area contributed by atoms with E-state index in [1.807, 2.05) is 0 Å². The minimum absolute atomic E-state index is 0. The van der Waals surface area contributed by atoms with Gasteiger partial charge >= 0.3 is 26.2 Å². The fourth-order valence-electron chi connectivity index (χ4n) is 1.27. The van der Waals surface area contributed by atoms with Gasteiger partial charge in [0.25, 0.3) is 0 Å². The van der Waals surface area contributed by atoms with Crippen LogP contribution in [0.2, 0.25) is 0 Å². The van der Waals surface area contributed by atoms with E-state index < -0.39 is 0 Å². The Morgan fingerprint density at radius 3 is 2.38 bits per heavy atom. The molecule has 0 heterocycles. The van der Waals surface area contributed by atoms with Gasteiger partial charge in [0.1, 0.15) is 0 Å². The van der Waals surface area contributed by atoms with E-state index in [0.717, 1.165) is 12.8 Å². The van der Waals surface area contributed by atoms with E-state index >= 15 is 0 Å². The molecule has 0 atom stereocenters. The van der Waals surface area contributed by atoms with Crippen LogP contribution in [0, 0.1) is 6.08 Å². The average Bonchev–Trinajstić information content (AvgIpc) is 2.59. The molecule has 0 aliphatic heterocycles. The predicted molar refractivity (Wildman–Crippen MR) is 42.4 cm³/mol. The summed E-state index contributed by atoms with van der Waals surface area (Å²) in [7, 11) is 0. The van der Waals surface area contributed by atoms with Crippen LogP contribution in [0.3, 0.4) is 0 Å². The van der Waals surface area contributed by atoms with Crippen LogP contribution in [0.4, 0.5) is 0 Å². The van der Waals surface area contributed by atoms with Crippen LogP contribution in [0.25, 0.3) is 0 Å². The molecule has 0 nitrogen and oxygen atoms in total. The van der Waals surface area contributed by atoms with Gasteiger partial charge in [-0.05, 0) is 0 Å². The van der Waals surface area contributed by atoms with Crippen LogP contribution < -0.4 is 24.8 Å². The van der Waals surface area contributed by atoms with Crippen molar-refractivity contribution < 1.29 is 51.0 Å². The van der Waals surface area contributed by atoms with Crippen molar-refractivity contribution >= 4 is 0 Å². The Morgan fingerprint density at radius 2 is 1.92 bits per heavy atom. The zero-order chi connectivity index (χ0) is 6.81. The first kappa shape index (κ1) is 15.9. The second kappa shape index (κ2) is 7.79. The van der Waals surface area contributed by atoms with E-state index in [0.29, 0.717) is 0 Å². The Hall–Kier alpha value is 0.423. The van der Waals surface area contributed by atoms with Crippen molar-refractivity contribution in [2.24, 2.45) is 0 Å². The second-order valence-electron chi connectivity index (χ2n) is 2.52. The molecule has 0 amide bonds. The van der Waals surface area contributed by atoms with E-state index in [4.69, 9.17) is 0 Å². The van der Waals surface area contributed by atoms with Crippen molar-refractivity contribution in [1.29, 1.82) is 0 Å². The third-order valence-electron chi connectivity index (χ3n) is 1.81. The van der Waals surface area contributed by atoms with Gasteiger partial charge in [0.2, 0.25) is 0 Å². The molecular weight excluding hydrogens is 282 g/mol. The van der Waals surface area contributed by atoms with Crippen molar-refractivity contribution in [3.05, 3.63) is 47.6 Å². The Labute approximate surface area is 111 Å². The smallest absolute Gasteiger partial charge is 1.00 e. The zero-order valence-corrected chi connectivity index (χ0v) is 11.0. The van der Waals surface area contributed by atoms with Gasteiger partial charge in [-0.1, -0.05) is 25.0 Å². The quantitative estimate of drug-likeness (QED) is 0.441. The first-order valence-electron chi connectivity index (χ1n) is 3.60. The molecule has 3 heteroatoms. The van der Waals surface area contributed by atoms with Crippen molar-refractivity contribution in [3.8, 4) is 0 Å². The van der Waals surface area contributed by atoms with Crippen LogP contribution in [0.1, 0.15) is 12.8 Å². The number of hydrogen-bond donors (Lipinski definition) is 0. The Bertz CT molecular complexity index is 262. The summed E-state index contributed by atoms with van der Waals surface area (Å²) < 4.78 is 0. The molecule has 0 aromatic rings. The summed E-state index contributed by atoms with van der Waals surface area (Å²) in [6.07, 6.45) is 16.1. The third-order valence-corrected chi connectivity index (χ3v) is 1.81. The van der Waals surface area contributed by atoms with Crippen LogP contribution in [0.5, 0.6) is 0 Å². The number of halogens is 2. The minimum atomic E-state index is 0. The maximum Gasteiger partial charge on any atom is 3.00 e. The molecule has 0 saturated carbocycles. The van der Waals surface area contributed by atoms with Gasteiger partial charge in [0.15, 0.2) is 0 Å².